The van der Waals surface area contributed by atoms with Crippen molar-refractivity contribution in [3.8, 4) is 0 Å². The molecule has 0 radical (unpaired) electrons. The van der Waals surface area contributed by atoms with Crippen LogP contribution in [0.3, 0.4) is 0 Å². The second kappa shape index (κ2) is 6.90. The Hall–Kier alpha value is -2.57. The molecule has 2 rings (SSSR count). The van der Waals surface area contributed by atoms with Crippen LogP contribution >= 0.6 is 0 Å². The van der Waals surface area contributed by atoms with Crippen LogP contribution in [0.5, 0.6) is 0 Å². The molecular formula is C17H24N4O3. The number of rotatable bonds is 4. The van der Waals surface area contributed by atoms with Crippen molar-refractivity contribution in [2.75, 3.05) is 6.54 Å². The molecule has 2 aromatic rings. The van der Waals surface area contributed by atoms with Crippen molar-refractivity contribution in [2.24, 2.45) is 0 Å². The van der Waals surface area contributed by atoms with Crippen molar-refractivity contribution in [3.63, 3.8) is 0 Å². The van der Waals surface area contributed by atoms with Gasteiger partial charge in [-0.1, -0.05) is 0 Å². The molecule has 0 aromatic carbocycles. The molecule has 7 heteroatoms. The summed E-state index contributed by atoms with van der Waals surface area (Å²) in [4.78, 5) is 23.9. The zero-order valence-corrected chi connectivity index (χ0v) is 14.7. The third-order valence-corrected chi connectivity index (χ3v) is 3.36. The first-order chi connectivity index (χ1) is 11.2. The van der Waals surface area contributed by atoms with Gasteiger partial charge in [-0.2, -0.15) is 5.10 Å². The molecule has 0 saturated heterocycles. The summed E-state index contributed by atoms with van der Waals surface area (Å²) in [6, 6.07) is 5.23. The molecule has 2 aromatic heterocycles. The van der Waals surface area contributed by atoms with Crippen molar-refractivity contribution in [1.29, 1.82) is 0 Å². The number of aromatic nitrogens is 2. The van der Waals surface area contributed by atoms with Crippen LogP contribution in [0.1, 0.15) is 44.0 Å². The Morgan fingerprint density at radius 1 is 1.29 bits per heavy atom. The lowest BCUT2D eigenvalue weighted by atomic mass is 10.1. The van der Waals surface area contributed by atoms with Crippen LogP contribution in [-0.4, -0.2) is 33.7 Å². The normalized spacial score (nSPS) is 12.7. The van der Waals surface area contributed by atoms with Gasteiger partial charge in [-0.3, -0.25) is 14.3 Å². The van der Waals surface area contributed by atoms with E-state index in [9.17, 15) is 9.59 Å². The zero-order chi connectivity index (χ0) is 17.9. The lowest BCUT2D eigenvalue weighted by Crippen LogP contribution is -2.49. The zero-order valence-electron chi connectivity index (χ0n) is 14.7. The SMILES string of the molecule is Cc1cc(C)n(C(CNC(=O)C(=O)NC(C)(C)C)c2ccco2)n1. The van der Waals surface area contributed by atoms with E-state index in [0.29, 0.717) is 5.76 Å². The van der Waals surface area contributed by atoms with E-state index in [2.05, 4.69) is 15.7 Å². The number of nitrogens with one attached hydrogen (secondary N) is 2. The van der Waals surface area contributed by atoms with Crippen LogP contribution in [0, 0.1) is 13.8 Å². The van der Waals surface area contributed by atoms with Crippen LogP contribution in [0.4, 0.5) is 0 Å². The first-order valence-electron chi connectivity index (χ1n) is 7.84. The minimum absolute atomic E-state index is 0.200. The third kappa shape index (κ3) is 4.47. The molecule has 0 bridgehead atoms. The van der Waals surface area contributed by atoms with Crippen molar-refractivity contribution in [1.82, 2.24) is 20.4 Å². The van der Waals surface area contributed by atoms with E-state index in [0.717, 1.165) is 11.4 Å². The maximum absolute atomic E-state index is 12.0. The summed E-state index contributed by atoms with van der Waals surface area (Å²) in [5, 5.41) is 9.75. The molecule has 7 nitrogen and oxygen atoms in total. The van der Waals surface area contributed by atoms with Crippen molar-refractivity contribution >= 4 is 11.8 Å². The largest absolute Gasteiger partial charge is 0.467 e. The Morgan fingerprint density at radius 3 is 2.50 bits per heavy atom. The minimum atomic E-state index is -0.678. The number of amides is 2. The fraction of sp³-hybridized carbons (Fsp3) is 0.471. The van der Waals surface area contributed by atoms with E-state index >= 15 is 0 Å². The smallest absolute Gasteiger partial charge is 0.309 e. The molecule has 0 aliphatic heterocycles. The first-order valence-corrected chi connectivity index (χ1v) is 7.84. The highest BCUT2D eigenvalue weighted by atomic mass is 16.3. The van der Waals surface area contributed by atoms with Gasteiger partial charge in [-0.05, 0) is 52.8 Å². The average molecular weight is 332 g/mol. The summed E-state index contributed by atoms with van der Waals surface area (Å²) >= 11 is 0. The Bertz CT molecular complexity index is 711. The molecule has 0 aliphatic carbocycles. The molecule has 2 N–H and O–H groups in total. The summed E-state index contributed by atoms with van der Waals surface area (Å²) in [7, 11) is 0. The summed E-state index contributed by atoms with van der Waals surface area (Å²) in [5.74, 6) is -0.671. The number of nitrogens with zero attached hydrogens (tertiary/aromatic N) is 2. The first kappa shape index (κ1) is 17.8. The molecule has 0 spiro atoms. The number of furan rings is 1. The van der Waals surface area contributed by atoms with E-state index in [4.69, 9.17) is 4.42 Å². The fourth-order valence-corrected chi connectivity index (χ4v) is 2.42. The van der Waals surface area contributed by atoms with E-state index in [1.807, 2.05) is 46.8 Å². The predicted octanol–water partition coefficient (Wildman–Crippen LogP) is 1.71. The number of aryl methyl sites for hydroxylation is 2. The number of hydrogen-bond donors (Lipinski definition) is 2. The van der Waals surface area contributed by atoms with Crippen LogP contribution in [0.25, 0.3) is 0 Å². The molecule has 130 valence electrons. The number of carbonyl (C=O) groups excluding carboxylic acids is 2. The van der Waals surface area contributed by atoms with Gasteiger partial charge in [0.2, 0.25) is 0 Å². The van der Waals surface area contributed by atoms with Gasteiger partial charge in [0.15, 0.2) is 0 Å². The summed E-state index contributed by atoms with van der Waals surface area (Å²) in [6.07, 6.45) is 1.57. The summed E-state index contributed by atoms with van der Waals surface area (Å²) in [6.45, 7) is 9.49. The summed E-state index contributed by atoms with van der Waals surface area (Å²) < 4.78 is 7.26. The third-order valence-electron chi connectivity index (χ3n) is 3.36. The second-order valence-corrected chi connectivity index (χ2v) is 6.82. The van der Waals surface area contributed by atoms with Crippen molar-refractivity contribution in [2.45, 2.75) is 46.2 Å². The average Bonchev–Trinajstić information content (AvgIpc) is 3.08. The Balaban J connectivity index is 2.12. The van der Waals surface area contributed by atoms with Crippen LogP contribution in [0.15, 0.2) is 28.9 Å². The molecule has 1 atom stereocenters. The van der Waals surface area contributed by atoms with Gasteiger partial charge in [0, 0.05) is 17.8 Å². The molecule has 2 heterocycles. The Kier molecular flexibility index (Phi) is 5.11. The molecule has 0 saturated carbocycles. The predicted molar refractivity (Wildman–Crippen MR) is 89.5 cm³/mol. The van der Waals surface area contributed by atoms with E-state index < -0.39 is 17.4 Å². The lowest BCUT2D eigenvalue weighted by molar-refractivity contribution is -0.140. The second-order valence-electron chi connectivity index (χ2n) is 6.82. The molecule has 1 unspecified atom stereocenters. The van der Waals surface area contributed by atoms with Gasteiger partial charge >= 0.3 is 11.8 Å². The van der Waals surface area contributed by atoms with Gasteiger partial charge in [0.05, 0.1) is 12.0 Å². The highest BCUT2D eigenvalue weighted by Gasteiger charge is 2.24. The molecule has 0 aliphatic rings. The van der Waals surface area contributed by atoms with Crippen LogP contribution in [0.2, 0.25) is 0 Å². The highest BCUT2D eigenvalue weighted by Crippen LogP contribution is 2.20. The Labute approximate surface area is 141 Å². The molecule has 24 heavy (non-hydrogen) atoms. The standard InChI is InChI=1S/C17H24N4O3/c1-11-9-12(2)21(20-11)13(14-7-6-8-24-14)10-18-15(22)16(23)19-17(3,4)5/h6-9,13H,10H2,1-5H3,(H,18,22)(H,19,23). The van der Waals surface area contributed by atoms with Gasteiger partial charge < -0.3 is 15.1 Å². The van der Waals surface area contributed by atoms with Crippen LogP contribution in [-0.2, 0) is 9.59 Å². The molecule has 2 amide bonds. The van der Waals surface area contributed by atoms with E-state index in [1.54, 1.807) is 17.0 Å². The fourth-order valence-electron chi connectivity index (χ4n) is 2.42. The quantitative estimate of drug-likeness (QED) is 0.834. The summed E-state index contributed by atoms with van der Waals surface area (Å²) in [5.41, 5.74) is 1.35. The highest BCUT2D eigenvalue weighted by molar-refractivity contribution is 6.35. The maximum Gasteiger partial charge on any atom is 0.309 e. The van der Waals surface area contributed by atoms with E-state index in [1.165, 1.54) is 0 Å². The molecule has 0 fully saturated rings. The lowest BCUT2D eigenvalue weighted by Gasteiger charge is -2.21. The van der Waals surface area contributed by atoms with Gasteiger partial charge in [-0.25, -0.2) is 0 Å². The molecular weight excluding hydrogens is 308 g/mol. The topological polar surface area (TPSA) is 89.2 Å². The van der Waals surface area contributed by atoms with Gasteiger partial charge in [-0.15, -0.1) is 0 Å². The number of carbonyl (C=O) groups is 2. The minimum Gasteiger partial charge on any atom is -0.467 e. The number of hydrogen-bond acceptors (Lipinski definition) is 4. The van der Waals surface area contributed by atoms with Crippen LogP contribution < -0.4 is 10.6 Å². The van der Waals surface area contributed by atoms with Gasteiger partial charge in [0.25, 0.3) is 0 Å². The van der Waals surface area contributed by atoms with Gasteiger partial charge in [0.1, 0.15) is 11.8 Å². The Morgan fingerprint density at radius 2 is 2.00 bits per heavy atom. The maximum atomic E-state index is 12.0. The van der Waals surface area contributed by atoms with E-state index in [-0.39, 0.29) is 12.6 Å². The van der Waals surface area contributed by atoms with Crippen molar-refractivity contribution < 1.29 is 14.0 Å². The monoisotopic (exact) mass is 332 g/mol. The van der Waals surface area contributed by atoms with Crippen molar-refractivity contribution in [3.05, 3.63) is 41.6 Å².